The maximum Gasteiger partial charge on any atom is 0.491 e. The van der Waals surface area contributed by atoms with Gasteiger partial charge >= 0.3 is 20.2 Å². The first-order valence-corrected chi connectivity index (χ1v) is 16.4. The monoisotopic (exact) mass is 672 g/mol. The summed E-state index contributed by atoms with van der Waals surface area (Å²) in [6, 6.07) is 7.32. The fourth-order valence-electron chi connectivity index (χ4n) is 7.23. The van der Waals surface area contributed by atoms with E-state index in [0.717, 1.165) is 11.1 Å². The summed E-state index contributed by atoms with van der Waals surface area (Å²) in [5.41, 5.74) is 2.96. The van der Waals surface area contributed by atoms with Gasteiger partial charge in [0.05, 0.1) is 19.1 Å². The number of fused-ring (bicyclic) bond motifs is 2. The van der Waals surface area contributed by atoms with Crippen LogP contribution in [0.4, 0.5) is 0 Å². The molecular formula is C32H34B2N4O11. The van der Waals surface area contributed by atoms with E-state index >= 15 is 0 Å². The van der Waals surface area contributed by atoms with Crippen LogP contribution in [0.15, 0.2) is 36.4 Å². The molecule has 0 aromatic heterocycles. The lowest BCUT2D eigenvalue weighted by molar-refractivity contribution is -0.202. The van der Waals surface area contributed by atoms with Gasteiger partial charge in [0, 0.05) is 42.6 Å². The molecule has 2 aromatic rings. The van der Waals surface area contributed by atoms with Crippen LogP contribution in [0.5, 0.6) is 0 Å². The molecule has 4 atom stereocenters. The predicted octanol–water partition coefficient (Wildman–Crippen LogP) is -1.58. The highest BCUT2D eigenvalue weighted by molar-refractivity contribution is 6.62. The average Bonchev–Trinajstić information content (AvgIpc) is 3.87. The van der Waals surface area contributed by atoms with Gasteiger partial charge in [-0.3, -0.25) is 24.0 Å². The Bertz CT molecular complexity index is 1720. The second-order valence-corrected chi connectivity index (χ2v) is 13.0. The van der Waals surface area contributed by atoms with Gasteiger partial charge in [0.2, 0.25) is 5.91 Å². The highest BCUT2D eigenvalue weighted by atomic mass is 16.7. The van der Waals surface area contributed by atoms with E-state index in [-0.39, 0.29) is 50.1 Å². The Hall–Kier alpha value is -4.57. The number of carbonyl (C=O) groups excluding carboxylic acids is 6. The van der Waals surface area contributed by atoms with E-state index in [0.29, 0.717) is 41.7 Å². The van der Waals surface area contributed by atoms with Crippen molar-refractivity contribution < 1.29 is 53.0 Å². The summed E-state index contributed by atoms with van der Waals surface area (Å²) in [5.74, 6) is -4.30. The molecule has 3 fully saturated rings. The lowest BCUT2D eigenvalue weighted by Gasteiger charge is -2.33. The number of likely N-dealkylation sites (tertiary alicyclic amines) is 1. The van der Waals surface area contributed by atoms with Gasteiger partial charge in [0.1, 0.15) is 6.04 Å². The van der Waals surface area contributed by atoms with Crippen LogP contribution in [0.2, 0.25) is 0 Å². The normalized spacial score (nSPS) is 24.6. The van der Waals surface area contributed by atoms with Crippen molar-refractivity contribution in [3.63, 3.8) is 0 Å². The van der Waals surface area contributed by atoms with Crippen molar-refractivity contribution in [1.82, 2.24) is 20.6 Å². The van der Waals surface area contributed by atoms with Crippen LogP contribution >= 0.6 is 0 Å². The fourth-order valence-corrected chi connectivity index (χ4v) is 7.23. The Morgan fingerprint density at radius 2 is 1.45 bits per heavy atom. The Kier molecular flexibility index (Phi) is 9.00. The Balaban J connectivity index is 1.10. The molecule has 254 valence electrons. The summed E-state index contributed by atoms with van der Waals surface area (Å²) in [6.07, 6.45) is 2.17. The minimum atomic E-state index is -1.18. The van der Waals surface area contributed by atoms with E-state index in [9.17, 15) is 38.8 Å². The van der Waals surface area contributed by atoms with Gasteiger partial charge < -0.3 is 39.7 Å². The summed E-state index contributed by atoms with van der Waals surface area (Å²) < 4.78 is 10.5. The van der Waals surface area contributed by atoms with Gasteiger partial charge in [-0.1, -0.05) is 25.0 Å². The van der Waals surface area contributed by atoms with Crippen molar-refractivity contribution in [3.05, 3.63) is 58.7 Å². The molecule has 5 aliphatic rings. The molecule has 2 aromatic carbocycles. The number of benzene rings is 2. The summed E-state index contributed by atoms with van der Waals surface area (Å²) in [7, 11) is -2.32. The molecule has 17 heteroatoms. The molecule has 5 amide bonds. The summed E-state index contributed by atoms with van der Waals surface area (Å²) >= 11 is 0. The van der Waals surface area contributed by atoms with Crippen LogP contribution in [0, 0.1) is 5.92 Å². The third-order valence-electron chi connectivity index (χ3n) is 9.91. The van der Waals surface area contributed by atoms with Crippen LogP contribution in [0.1, 0.15) is 76.8 Å². The van der Waals surface area contributed by atoms with Crippen molar-refractivity contribution in [3.8, 4) is 0 Å². The van der Waals surface area contributed by atoms with Crippen molar-refractivity contribution in [2.24, 2.45) is 5.92 Å². The Labute approximate surface area is 281 Å². The van der Waals surface area contributed by atoms with Crippen molar-refractivity contribution in [1.29, 1.82) is 0 Å². The average molecular weight is 672 g/mol. The van der Waals surface area contributed by atoms with Crippen molar-refractivity contribution in [2.45, 2.75) is 76.3 Å². The quantitative estimate of drug-likeness (QED) is 0.195. The minimum Gasteiger partial charge on any atom is -0.423 e. The third-order valence-corrected chi connectivity index (χ3v) is 9.91. The number of nitrogens with zero attached hydrogens (tertiary/aromatic N) is 2. The maximum absolute atomic E-state index is 14.0. The van der Waals surface area contributed by atoms with Gasteiger partial charge in [-0.05, 0) is 65.6 Å². The van der Waals surface area contributed by atoms with Crippen LogP contribution in [-0.2, 0) is 46.5 Å². The van der Waals surface area contributed by atoms with Gasteiger partial charge in [0.25, 0.3) is 23.6 Å². The lowest BCUT2D eigenvalue weighted by Crippen LogP contribution is -2.53. The summed E-state index contributed by atoms with van der Waals surface area (Å²) in [4.78, 5) is 85.1. The Morgan fingerprint density at radius 1 is 0.837 bits per heavy atom. The van der Waals surface area contributed by atoms with E-state index in [1.807, 2.05) is 0 Å². The highest BCUT2D eigenvalue weighted by Gasteiger charge is 2.44. The highest BCUT2D eigenvalue weighted by Crippen LogP contribution is 2.29. The third kappa shape index (κ3) is 6.46. The molecule has 0 spiro atoms. The summed E-state index contributed by atoms with van der Waals surface area (Å²) in [6.45, 7) is 0.421. The zero-order chi connectivity index (χ0) is 34.4. The largest absolute Gasteiger partial charge is 0.491 e. The molecule has 0 unspecified atom stereocenters. The van der Waals surface area contributed by atoms with E-state index < -0.39 is 73.8 Å². The first-order chi connectivity index (χ1) is 23.6. The van der Waals surface area contributed by atoms with Gasteiger partial charge in [-0.25, -0.2) is 4.79 Å². The van der Waals surface area contributed by atoms with Crippen LogP contribution in [0.3, 0.4) is 0 Å². The summed E-state index contributed by atoms with van der Waals surface area (Å²) in [5, 5.41) is 26.7. The molecule has 0 bridgehead atoms. The van der Waals surface area contributed by atoms with Gasteiger partial charge in [0.15, 0.2) is 0 Å². The maximum atomic E-state index is 14.0. The Morgan fingerprint density at radius 3 is 2.12 bits per heavy atom. The minimum absolute atomic E-state index is 0.00913. The SMILES string of the molecule is O=C(N[C@@H]1C[C@@H](C(=O)N[C@H]2CCCC[C@@H]2C(=O)ON2C(=O)CCC2=O)N(C(=O)c2ccc3c(c2)B(O)OC3)C1)c1ccc2c(c1)B(O)OC2. The standard InChI is InChI=1S/C32H34B2N4O11/c39-27-9-10-28(40)38(27)49-32(44)22-3-1-2-4-25(22)36-30(42)26-13-21(35-29(41)17-5-7-19-15-47-33(45)23(19)11-17)14-37(26)31(43)18-6-8-20-16-48-34(46)24(20)12-18/h5-8,11-12,21-22,25-26,45-46H,1-4,9-10,13-16H2,(H,35,41)(H,36,42)/t21-,22+,25+,26+/m1/s1. The molecule has 4 heterocycles. The molecule has 4 aliphatic heterocycles. The van der Waals surface area contributed by atoms with Crippen molar-refractivity contribution >= 4 is 60.7 Å². The number of nitrogens with one attached hydrogen (secondary N) is 2. The molecule has 7 rings (SSSR count). The first kappa shape index (κ1) is 33.0. The first-order valence-electron chi connectivity index (χ1n) is 16.4. The smallest absolute Gasteiger partial charge is 0.423 e. The molecule has 4 N–H and O–H groups in total. The van der Waals surface area contributed by atoms with E-state index in [4.69, 9.17) is 14.1 Å². The second-order valence-electron chi connectivity index (χ2n) is 13.0. The molecule has 1 saturated carbocycles. The zero-order valence-electron chi connectivity index (χ0n) is 26.5. The molecule has 0 radical (unpaired) electrons. The zero-order valence-corrected chi connectivity index (χ0v) is 26.5. The topological polar surface area (TPSA) is 201 Å². The van der Waals surface area contributed by atoms with E-state index in [1.54, 1.807) is 30.3 Å². The number of hydrogen-bond donors (Lipinski definition) is 4. The number of hydroxylamine groups is 2. The van der Waals surface area contributed by atoms with Gasteiger partial charge in [-0.2, -0.15) is 0 Å². The number of imide groups is 1. The van der Waals surface area contributed by atoms with E-state index in [2.05, 4.69) is 10.6 Å². The van der Waals surface area contributed by atoms with Gasteiger partial charge in [-0.15, -0.1) is 5.06 Å². The number of hydrogen-bond acceptors (Lipinski definition) is 11. The molecule has 49 heavy (non-hydrogen) atoms. The second kappa shape index (κ2) is 13.4. The molecular weight excluding hydrogens is 638 g/mol. The fraction of sp³-hybridized carbons (Fsp3) is 0.438. The molecule has 2 saturated heterocycles. The number of carbonyl (C=O) groups is 6. The number of rotatable bonds is 7. The lowest BCUT2D eigenvalue weighted by atomic mass is 9.78. The molecule has 15 nitrogen and oxygen atoms in total. The van der Waals surface area contributed by atoms with E-state index in [1.165, 1.54) is 11.0 Å². The number of amides is 5. The van der Waals surface area contributed by atoms with Crippen LogP contribution < -0.4 is 21.6 Å². The molecule has 1 aliphatic carbocycles. The predicted molar refractivity (Wildman–Crippen MR) is 169 cm³/mol. The van der Waals surface area contributed by atoms with Crippen molar-refractivity contribution in [2.75, 3.05) is 6.54 Å². The van der Waals surface area contributed by atoms with Crippen LogP contribution in [-0.4, -0.2) is 94.4 Å². The van der Waals surface area contributed by atoms with Crippen LogP contribution in [0.25, 0.3) is 0 Å².